The van der Waals surface area contributed by atoms with E-state index in [0.717, 1.165) is 10.5 Å². The summed E-state index contributed by atoms with van der Waals surface area (Å²) >= 11 is 5.87. The van der Waals surface area contributed by atoms with Crippen LogP contribution in [0.1, 0.15) is 5.56 Å². The minimum absolute atomic E-state index is 0.412. The number of ether oxygens (including phenoxy) is 1. The lowest BCUT2D eigenvalue weighted by atomic mass is 10.1. The first kappa shape index (κ1) is 17.1. The van der Waals surface area contributed by atoms with Crippen molar-refractivity contribution in [2.24, 2.45) is 0 Å². The quantitative estimate of drug-likeness (QED) is 0.783. The van der Waals surface area contributed by atoms with Crippen LogP contribution in [0.15, 0.2) is 18.2 Å². The maximum absolute atomic E-state index is 12.5. The van der Waals surface area contributed by atoms with Gasteiger partial charge in [-0.15, -0.1) is 0 Å². The molecule has 0 aromatic heterocycles. The zero-order valence-electron chi connectivity index (χ0n) is 11.4. The van der Waals surface area contributed by atoms with Crippen LogP contribution >= 0.6 is 11.6 Å². The Hall–Kier alpha value is -0.980. The molecular weight excluding hydrogens is 293 g/mol. The fourth-order valence-electron chi connectivity index (χ4n) is 1.79. The molecule has 0 heterocycles. The highest BCUT2D eigenvalue weighted by Gasteiger charge is 2.30. The minimum Gasteiger partial charge on any atom is -0.383 e. The smallest absolute Gasteiger partial charge is 0.383 e. The maximum Gasteiger partial charge on any atom is 0.405 e. The summed E-state index contributed by atoms with van der Waals surface area (Å²) in [6.45, 7) is 0.610. The van der Waals surface area contributed by atoms with E-state index in [-0.39, 0.29) is 0 Å². The van der Waals surface area contributed by atoms with Crippen LogP contribution in [-0.2, 0) is 11.3 Å². The standard InChI is InChI=1S/C13H18ClF3N2O/c1-19(9-13(15,16)17)12-7-11(14)4-3-10(12)8-18-5-6-20-2/h3-4,7,18H,5-6,8-9H2,1-2H3. The molecule has 1 aromatic carbocycles. The van der Waals surface area contributed by atoms with Crippen molar-refractivity contribution >= 4 is 17.3 Å². The van der Waals surface area contributed by atoms with Crippen LogP contribution in [0.2, 0.25) is 5.02 Å². The van der Waals surface area contributed by atoms with E-state index in [1.807, 2.05) is 0 Å². The number of rotatable bonds is 7. The van der Waals surface area contributed by atoms with Gasteiger partial charge in [0.15, 0.2) is 0 Å². The van der Waals surface area contributed by atoms with Crippen molar-refractivity contribution in [3.05, 3.63) is 28.8 Å². The van der Waals surface area contributed by atoms with E-state index in [4.69, 9.17) is 16.3 Å². The predicted octanol–water partition coefficient (Wildman–Crippen LogP) is 3.07. The molecule has 0 atom stereocenters. The first-order valence-corrected chi connectivity index (χ1v) is 6.47. The van der Waals surface area contributed by atoms with Crippen molar-refractivity contribution in [3.8, 4) is 0 Å². The molecule has 114 valence electrons. The summed E-state index contributed by atoms with van der Waals surface area (Å²) in [6, 6.07) is 4.94. The molecule has 0 fully saturated rings. The van der Waals surface area contributed by atoms with E-state index >= 15 is 0 Å². The van der Waals surface area contributed by atoms with E-state index in [0.29, 0.717) is 30.4 Å². The highest BCUT2D eigenvalue weighted by atomic mass is 35.5. The van der Waals surface area contributed by atoms with E-state index in [9.17, 15) is 13.2 Å². The van der Waals surface area contributed by atoms with Crippen molar-refractivity contribution in [1.29, 1.82) is 0 Å². The van der Waals surface area contributed by atoms with E-state index in [1.54, 1.807) is 25.3 Å². The van der Waals surface area contributed by atoms with Gasteiger partial charge < -0.3 is 15.0 Å². The molecule has 0 amide bonds. The van der Waals surface area contributed by atoms with Gasteiger partial charge in [-0.2, -0.15) is 13.2 Å². The largest absolute Gasteiger partial charge is 0.405 e. The Morgan fingerprint density at radius 3 is 2.65 bits per heavy atom. The lowest BCUT2D eigenvalue weighted by Crippen LogP contribution is -2.32. The monoisotopic (exact) mass is 310 g/mol. The molecule has 0 aliphatic heterocycles. The molecule has 0 radical (unpaired) electrons. The molecule has 0 aliphatic carbocycles. The van der Waals surface area contributed by atoms with Gasteiger partial charge in [-0.25, -0.2) is 0 Å². The third kappa shape index (κ3) is 5.98. The zero-order valence-corrected chi connectivity index (χ0v) is 12.2. The van der Waals surface area contributed by atoms with Crippen molar-refractivity contribution in [2.75, 3.05) is 38.8 Å². The number of alkyl halides is 3. The summed E-state index contributed by atoms with van der Waals surface area (Å²) in [7, 11) is 2.99. The Morgan fingerprint density at radius 1 is 1.35 bits per heavy atom. The molecule has 20 heavy (non-hydrogen) atoms. The van der Waals surface area contributed by atoms with Crippen LogP contribution in [0.4, 0.5) is 18.9 Å². The maximum atomic E-state index is 12.5. The number of halogens is 4. The Bertz CT molecular complexity index is 427. The molecule has 0 spiro atoms. The van der Waals surface area contributed by atoms with Gasteiger partial charge in [0, 0.05) is 38.0 Å². The molecule has 0 unspecified atom stereocenters. The third-order valence-electron chi connectivity index (χ3n) is 2.67. The molecule has 1 aromatic rings. The molecule has 0 aliphatic rings. The highest BCUT2D eigenvalue weighted by molar-refractivity contribution is 6.30. The second-order valence-electron chi connectivity index (χ2n) is 4.41. The number of benzene rings is 1. The number of anilines is 1. The lowest BCUT2D eigenvalue weighted by molar-refractivity contribution is -0.119. The number of methoxy groups -OCH3 is 1. The molecule has 0 saturated carbocycles. The minimum atomic E-state index is -4.25. The van der Waals surface area contributed by atoms with Crippen LogP contribution < -0.4 is 10.2 Å². The molecule has 1 N–H and O–H groups in total. The van der Waals surface area contributed by atoms with Gasteiger partial charge in [-0.1, -0.05) is 17.7 Å². The highest BCUT2D eigenvalue weighted by Crippen LogP contribution is 2.27. The normalized spacial score (nSPS) is 11.7. The Balaban J connectivity index is 2.79. The molecule has 0 saturated heterocycles. The van der Waals surface area contributed by atoms with Crippen LogP contribution in [0.5, 0.6) is 0 Å². The number of nitrogens with one attached hydrogen (secondary N) is 1. The van der Waals surface area contributed by atoms with E-state index in [1.165, 1.54) is 7.05 Å². The second-order valence-corrected chi connectivity index (χ2v) is 4.85. The third-order valence-corrected chi connectivity index (χ3v) is 2.91. The van der Waals surface area contributed by atoms with E-state index < -0.39 is 12.7 Å². The lowest BCUT2D eigenvalue weighted by Gasteiger charge is -2.24. The summed E-state index contributed by atoms with van der Waals surface area (Å²) in [5.41, 5.74) is 1.23. The van der Waals surface area contributed by atoms with Crippen LogP contribution in [-0.4, -0.2) is 40.0 Å². The van der Waals surface area contributed by atoms with Gasteiger partial charge in [0.2, 0.25) is 0 Å². The predicted molar refractivity (Wildman–Crippen MR) is 74.4 cm³/mol. The fraction of sp³-hybridized carbons (Fsp3) is 0.538. The van der Waals surface area contributed by atoms with Gasteiger partial charge in [0.05, 0.1) is 6.61 Å². The van der Waals surface area contributed by atoms with Crippen LogP contribution in [0.25, 0.3) is 0 Å². The Kier molecular flexibility index (Phi) is 6.58. The van der Waals surface area contributed by atoms with Crippen molar-refractivity contribution in [2.45, 2.75) is 12.7 Å². The van der Waals surface area contributed by atoms with Gasteiger partial charge in [0.1, 0.15) is 6.54 Å². The van der Waals surface area contributed by atoms with Gasteiger partial charge in [-0.05, 0) is 17.7 Å². The number of hydrogen-bond acceptors (Lipinski definition) is 3. The van der Waals surface area contributed by atoms with Gasteiger partial charge in [-0.3, -0.25) is 0 Å². The summed E-state index contributed by atoms with van der Waals surface area (Å²) in [6.07, 6.45) is -4.25. The average molecular weight is 311 g/mol. The SMILES string of the molecule is COCCNCc1ccc(Cl)cc1N(C)CC(F)(F)F. The molecule has 3 nitrogen and oxygen atoms in total. The topological polar surface area (TPSA) is 24.5 Å². The van der Waals surface area contributed by atoms with Crippen molar-refractivity contribution in [1.82, 2.24) is 5.32 Å². The van der Waals surface area contributed by atoms with Gasteiger partial charge in [0.25, 0.3) is 0 Å². The number of hydrogen-bond donors (Lipinski definition) is 1. The number of nitrogens with zero attached hydrogens (tertiary/aromatic N) is 1. The average Bonchev–Trinajstić information content (AvgIpc) is 2.34. The summed E-state index contributed by atoms with van der Waals surface area (Å²) in [5, 5.41) is 3.52. The molecular formula is C13H18ClF3N2O. The zero-order chi connectivity index (χ0) is 15.2. The molecule has 0 bridgehead atoms. The molecule has 1 rings (SSSR count). The van der Waals surface area contributed by atoms with Crippen LogP contribution in [0, 0.1) is 0 Å². The molecule has 7 heteroatoms. The summed E-state index contributed by atoms with van der Waals surface area (Å²) in [5.74, 6) is 0. The first-order valence-electron chi connectivity index (χ1n) is 6.09. The Labute approximate surface area is 121 Å². The van der Waals surface area contributed by atoms with Crippen molar-refractivity contribution < 1.29 is 17.9 Å². The first-order chi connectivity index (χ1) is 9.33. The Morgan fingerprint density at radius 2 is 2.05 bits per heavy atom. The summed E-state index contributed by atoms with van der Waals surface area (Å²) in [4.78, 5) is 1.15. The van der Waals surface area contributed by atoms with E-state index in [2.05, 4.69) is 5.32 Å². The summed E-state index contributed by atoms with van der Waals surface area (Å²) < 4.78 is 42.3. The van der Waals surface area contributed by atoms with Crippen molar-refractivity contribution in [3.63, 3.8) is 0 Å². The van der Waals surface area contributed by atoms with Crippen LogP contribution in [0.3, 0.4) is 0 Å². The second kappa shape index (κ2) is 7.71. The fourth-order valence-corrected chi connectivity index (χ4v) is 1.96. The van der Waals surface area contributed by atoms with Gasteiger partial charge >= 0.3 is 6.18 Å².